The molecule has 14 nitrogen and oxygen atoms in total. The number of methoxy groups -OCH3 is 2. The second-order valence-electron chi connectivity index (χ2n) is 16.3. The normalized spacial score (nSPS) is 17.6. The number of ether oxygens (including phenoxy) is 3. The molecule has 5 aliphatic rings. The predicted octanol–water partition coefficient (Wildman–Crippen LogP) is 7.46. The van der Waals surface area contributed by atoms with E-state index in [0.717, 1.165) is 28.1 Å². The van der Waals surface area contributed by atoms with Crippen LogP contribution in [0.2, 0.25) is 5.02 Å². The van der Waals surface area contributed by atoms with Gasteiger partial charge in [-0.05, 0) is 78.9 Å². The SMILES string of the molecule is COc1cc(Nc2ncc3c(n2)-c2ccc(Cl)cc2C(c2c(F)cccc2OC)=NC3)ccc1C(=O)N1CCC2(CCc3cc4c(cc3O2)CN(N2C(=O)CCCC2=O)C4=O)CC1. The third-order valence-corrected chi connectivity index (χ3v) is 12.8. The quantitative estimate of drug-likeness (QED) is 0.163. The molecule has 6 heterocycles. The number of carbonyl (C=O) groups is 4. The molecule has 320 valence electrons. The molecule has 1 spiro atoms. The maximum Gasteiger partial charge on any atom is 0.273 e. The van der Waals surface area contributed by atoms with Crippen LogP contribution in [0.1, 0.15) is 87.1 Å². The van der Waals surface area contributed by atoms with Gasteiger partial charge in [0.05, 0.1) is 49.8 Å². The van der Waals surface area contributed by atoms with Gasteiger partial charge in [0.1, 0.15) is 28.7 Å². The van der Waals surface area contributed by atoms with Crippen LogP contribution in [-0.4, -0.2) is 87.1 Å². The average molecular weight is 870 g/mol. The van der Waals surface area contributed by atoms with E-state index in [1.807, 2.05) is 23.1 Å². The second-order valence-corrected chi connectivity index (χ2v) is 16.7. The number of nitrogens with zero attached hydrogens (tertiary/aromatic N) is 6. The fourth-order valence-corrected chi connectivity index (χ4v) is 9.47. The lowest BCUT2D eigenvalue weighted by atomic mass is 9.82. The van der Waals surface area contributed by atoms with Crippen molar-refractivity contribution < 1.29 is 37.8 Å². The number of imide groups is 1. The van der Waals surface area contributed by atoms with Gasteiger partial charge in [-0.25, -0.2) is 19.4 Å². The van der Waals surface area contributed by atoms with Gasteiger partial charge in [0, 0.05) is 84.0 Å². The molecule has 10 rings (SSSR count). The molecule has 0 atom stereocenters. The Labute approximate surface area is 366 Å². The van der Waals surface area contributed by atoms with Gasteiger partial charge in [0.25, 0.3) is 11.8 Å². The van der Waals surface area contributed by atoms with E-state index in [1.165, 1.54) is 25.3 Å². The number of likely N-dealkylation sites (tertiary alicyclic amines) is 1. The molecule has 1 N–H and O–H groups in total. The zero-order chi connectivity index (χ0) is 43.6. The predicted molar refractivity (Wildman–Crippen MR) is 230 cm³/mol. The van der Waals surface area contributed by atoms with Crippen LogP contribution in [0.5, 0.6) is 17.2 Å². The van der Waals surface area contributed by atoms with Crippen molar-refractivity contribution in [1.29, 1.82) is 0 Å². The number of nitrogens with one attached hydrogen (secondary N) is 1. The zero-order valence-electron chi connectivity index (χ0n) is 34.5. The third-order valence-electron chi connectivity index (χ3n) is 12.6. The molecule has 0 radical (unpaired) electrons. The molecular weight excluding hydrogens is 829 g/mol. The Balaban J connectivity index is 0.828. The van der Waals surface area contributed by atoms with Gasteiger partial charge in [-0.3, -0.25) is 24.2 Å². The van der Waals surface area contributed by atoms with Crippen LogP contribution in [0.15, 0.2) is 77.9 Å². The molecule has 0 aliphatic carbocycles. The summed E-state index contributed by atoms with van der Waals surface area (Å²) in [6, 6.07) is 18.9. The van der Waals surface area contributed by atoms with Crippen LogP contribution in [0, 0.1) is 5.82 Å². The Morgan fingerprint density at radius 1 is 0.857 bits per heavy atom. The smallest absolute Gasteiger partial charge is 0.273 e. The summed E-state index contributed by atoms with van der Waals surface area (Å²) >= 11 is 6.48. The van der Waals surface area contributed by atoms with Gasteiger partial charge >= 0.3 is 0 Å². The number of aliphatic imine (C=N–C) groups is 1. The van der Waals surface area contributed by atoms with E-state index in [0.29, 0.717) is 106 Å². The van der Waals surface area contributed by atoms with Crippen molar-refractivity contribution in [2.45, 2.75) is 63.6 Å². The van der Waals surface area contributed by atoms with Crippen LogP contribution in [0.3, 0.4) is 0 Å². The maximum absolute atomic E-state index is 15.4. The molecule has 0 bridgehead atoms. The highest BCUT2D eigenvalue weighted by atomic mass is 35.5. The molecule has 0 unspecified atom stereocenters. The van der Waals surface area contributed by atoms with Gasteiger partial charge < -0.3 is 24.4 Å². The molecular formula is C47H41ClFN7O7. The largest absolute Gasteiger partial charge is 0.496 e. The number of anilines is 2. The third kappa shape index (κ3) is 7.09. The first-order valence-electron chi connectivity index (χ1n) is 20.8. The minimum atomic E-state index is -0.478. The number of aryl methyl sites for hydroxylation is 1. The summed E-state index contributed by atoms with van der Waals surface area (Å²) < 4.78 is 33.3. The number of halogens is 2. The minimum Gasteiger partial charge on any atom is -0.496 e. The summed E-state index contributed by atoms with van der Waals surface area (Å²) in [7, 11) is 3.00. The number of fused-ring (bicyclic) bond motifs is 5. The molecule has 16 heteroatoms. The van der Waals surface area contributed by atoms with E-state index in [2.05, 4.69) is 10.3 Å². The fraction of sp³-hybridized carbons (Fsp3) is 0.298. The maximum atomic E-state index is 15.4. The zero-order valence-corrected chi connectivity index (χ0v) is 35.3. The standard InChI is InChI=1S/C47H41ClFN7O7/c1-61-36-6-3-5-35(49)41(36)43-34-21-29(48)9-11-31(34)42-28(23-50-43)24-51-46(53-42)52-30-10-12-32(38(22-30)62-2)44(59)54-17-15-47(16-18-54)14-13-26-19-33-27(20-37(26)63-47)25-55(45(33)60)56-39(57)7-4-8-40(56)58/h3,5-6,9-12,19-22,24H,4,7-8,13-18,23,25H2,1-2H3,(H,51,52,53). The number of hydrogen-bond donors (Lipinski definition) is 1. The summed E-state index contributed by atoms with van der Waals surface area (Å²) in [5.74, 6) is 0.00599. The summed E-state index contributed by atoms with van der Waals surface area (Å²) in [5, 5.41) is 5.98. The Hall–Kier alpha value is -6.87. The van der Waals surface area contributed by atoms with Crippen LogP contribution in [0.25, 0.3) is 11.3 Å². The van der Waals surface area contributed by atoms with Gasteiger partial charge in [-0.2, -0.15) is 5.01 Å². The van der Waals surface area contributed by atoms with Crippen molar-refractivity contribution in [3.05, 3.63) is 123 Å². The highest BCUT2D eigenvalue weighted by Gasteiger charge is 2.44. The number of aromatic nitrogens is 2. The van der Waals surface area contributed by atoms with Crippen molar-refractivity contribution in [3.63, 3.8) is 0 Å². The number of hydrazine groups is 1. The van der Waals surface area contributed by atoms with Crippen LogP contribution >= 0.6 is 11.6 Å². The Bertz CT molecular complexity index is 2790. The molecule has 63 heavy (non-hydrogen) atoms. The van der Waals surface area contributed by atoms with E-state index in [-0.39, 0.29) is 55.1 Å². The van der Waals surface area contributed by atoms with E-state index < -0.39 is 11.4 Å². The minimum absolute atomic E-state index is 0.128. The van der Waals surface area contributed by atoms with Crippen molar-refractivity contribution in [2.75, 3.05) is 32.6 Å². The Morgan fingerprint density at radius 2 is 1.65 bits per heavy atom. The second kappa shape index (κ2) is 15.8. The lowest BCUT2D eigenvalue weighted by Gasteiger charge is -2.44. The van der Waals surface area contributed by atoms with Crippen molar-refractivity contribution in [2.24, 2.45) is 4.99 Å². The molecule has 5 aliphatic heterocycles. The first kappa shape index (κ1) is 40.2. The Morgan fingerprint density at radius 3 is 2.43 bits per heavy atom. The van der Waals surface area contributed by atoms with Gasteiger partial charge in [-0.1, -0.05) is 23.7 Å². The lowest BCUT2D eigenvalue weighted by molar-refractivity contribution is -0.163. The Kier molecular flexibility index (Phi) is 10.1. The molecule has 5 aromatic rings. The average Bonchev–Trinajstić information content (AvgIpc) is 3.50. The topological polar surface area (TPSA) is 156 Å². The van der Waals surface area contributed by atoms with E-state index >= 15 is 4.39 Å². The molecule has 4 amide bonds. The van der Waals surface area contributed by atoms with Crippen LogP contribution in [0.4, 0.5) is 16.0 Å². The highest BCUT2D eigenvalue weighted by Crippen LogP contribution is 2.43. The first-order valence-corrected chi connectivity index (χ1v) is 21.2. The molecule has 4 aromatic carbocycles. The van der Waals surface area contributed by atoms with Gasteiger partial charge in [-0.15, -0.1) is 0 Å². The van der Waals surface area contributed by atoms with Crippen molar-refractivity contribution in [3.8, 4) is 28.5 Å². The number of piperidine rings is 2. The fourth-order valence-electron chi connectivity index (χ4n) is 9.30. The highest BCUT2D eigenvalue weighted by molar-refractivity contribution is 6.31. The molecule has 1 aromatic heterocycles. The summed E-state index contributed by atoms with van der Waals surface area (Å²) in [6.07, 6.45) is 5.30. The first-order chi connectivity index (χ1) is 30.5. The van der Waals surface area contributed by atoms with Crippen molar-refractivity contribution >= 4 is 52.6 Å². The van der Waals surface area contributed by atoms with Crippen LogP contribution in [-0.2, 0) is 29.1 Å². The summed E-state index contributed by atoms with van der Waals surface area (Å²) in [6.45, 7) is 1.26. The van der Waals surface area contributed by atoms with E-state index in [1.54, 1.807) is 48.7 Å². The lowest BCUT2D eigenvalue weighted by Crippen LogP contribution is -2.52. The summed E-state index contributed by atoms with van der Waals surface area (Å²) in [5.41, 5.74) is 5.91. The molecule has 2 saturated heterocycles. The number of rotatable bonds is 7. The number of hydrogen-bond acceptors (Lipinski definition) is 11. The molecule has 2 fully saturated rings. The monoisotopic (exact) mass is 869 g/mol. The van der Waals surface area contributed by atoms with E-state index in [4.69, 9.17) is 35.8 Å². The van der Waals surface area contributed by atoms with E-state index in [9.17, 15) is 19.2 Å². The number of amides is 4. The summed E-state index contributed by atoms with van der Waals surface area (Å²) in [4.78, 5) is 68.7. The van der Waals surface area contributed by atoms with Gasteiger partial charge in [0.15, 0.2) is 0 Å². The van der Waals surface area contributed by atoms with Gasteiger partial charge in [0.2, 0.25) is 17.8 Å². The number of benzene rings is 4. The van der Waals surface area contributed by atoms with Crippen molar-refractivity contribution in [1.82, 2.24) is 24.9 Å². The van der Waals surface area contributed by atoms with Crippen LogP contribution < -0.4 is 19.5 Å². The number of carbonyl (C=O) groups excluding carboxylic acids is 4. The molecule has 0 saturated carbocycles.